The van der Waals surface area contributed by atoms with E-state index in [9.17, 15) is 9.59 Å². The Hall–Kier alpha value is -2.14. The fourth-order valence-corrected chi connectivity index (χ4v) is 2.92. The highest BCUT2D eigenvalue weighted by molar-refractivity contribution is 6.03. The summed E-state index contributed by atoms with van der Waals surface area (Å²) in [5.41, 5.74) is 7.80. The Morgan fingerprint density at radius 1 is 1.35 bits per heavy atom. The van der Waals surface area contributed by atoms with Crippen LogP contribution in [0.5, 0.6) is 0 Å². The lowest BCUT2D eigenvalue weighted by molar-refractivity contribution is -0.122. The molecule has 3 N–H and O–H groups in total. The van der Waals surface area contributed by atoms with Crippen molar-refractivity contribution in [3.63, 3.8) is 0 Å². The lowest BCUT2D eigenvalue weighted by Gasteiger charge is -2.18. The molecule has 0 spiro atoms. The van der Waals surface area contributed by atoms with E-state index >= 15 is 0 Å². The molecule has 1 heterocycles. The average Bonchev–Trinajstić information content (AvgIpc) is 3.29. The molecular formula is C18H23N3O2. The first-order chi connectivity index (χ1) is 11.1. The summed E-state index contributed by atoms with van der Waals surface area (Å²) < 4.78 is 0. The Balaban J connectivity index is 1.66. The van der Waals surface area contributed by atoms with Gasteiger partial charge in [0.2, 0.25) is 5.91 Å². The van der Waals surface area contributed by atoms with Gasteiger partial charge in [-0.1, -0.05) is 24.3 Å². The maximum atomic E-state index is 12.5. The number of carbonyl (C=O) groups excluding carboxylic acids is 2. The van der Waals surface area contributed by atoms with Crippen molar-refractivity contribution in [2.75, 3.05) is 11.4 Å². The zero-order chi connectivity index (χ0) is 16.4. The van der Waals surface area contributed by atoms with Crippen molar-refractivity contribution in [1.29, 1.82) is 0 Å². The second-order valence-electron chi connectivity index (χ2n) is 6.39. The van der Waals surface area contributed by atoms with Crippen LogP contribution in [0.1, 0.15) is 25.3 Å². The van der Waals surface area contributed by atoms with E-state index < -0.39 is 6.04 Å². The SMILES string of the molecule is C[C@H](N)C(=O)N[C@H](/C=C/C(=O)N1CCc2ccccc21)C1CC1. The second-order valence-corrected chi connectivity index (χ2v) is 6.39. The van der Waals surface area contributed by atoms with E-state index in [0.29, 0.717) is 12.5 Å². The fraction of sp³-hybridized carbons (Fsp3) is 0.444. The second kappa shape index (κ2) is 6.54. The standard InChI is InChI=1S/C18H23N3O2/c1-12(19)18(23)20-15(13-6-7-13)8-9-17(22)21-11-10-14-4-2-3-5-16(14)21/h2-5,8-9,12-13,15H,6-7,10-11,19H2,1H3,(H,20,23)/b9-8+/t12-,15+/m0/s1. The highest BCUT2D eigenvalue weighted by Crippen LogP contribution is 2.33. The smallest absolute Gasteiger partial charge is 0.250 e. The Morgan fingerprint density at radius 2 is 2.09 bits per heavy atom. The third-order valence-electron chi connectivity index (χ3n) is 4.45. The molecular weight excluding hydrogens is 290 g/mol. The van der Waals surface area contributed by atoms with Gasteiger partial charge >= 0.3 is 0 Å². The van der Waals surface area contributed by atoms with Crippen molar-refractivity contribution in [2.45, 2.75) is 38.3 Å². The molecule has 1 aliphatic heterocycles. The van der Waals surface area contributed by atoms with Gasteiger partial charge in [-0.15, -0.1) is 0 Å². The summed E-state index contributed by atoms with van der Waals surface area (Å²) in [6, 6.07) is 7.34. The number of benzene rings is 1. The van der Waals surface area contributed by atoms with Crippen LogP contribution in [0.25, 0.3) is 0 Å². The van der Waals surface area contributed by atoms with Gasteiger partial charge in [0, 0.05) is 18.3 Å². The van der Waals surface area contributed by atoms with Crippen molar-refractivity contribution < 1.29 is 9.59 Å². The third kappa shape index (κ3) is 3.62. The van der Waals surface area contributed by atoms with Crippen LogP contribution in [-0.4, -0.2) is 30.4 Å². The van der Waals surface area contributed by atoms with Crippen molar-refractivity contribution in [2.24, 2.45) is 11.7 Å². The number of anilines is 1. The van der Waals surface area contributed by atoms with Crippen LogP contribution in [0.3, 0.4) is 0 Å². The van der Waals surface area contributed by atoms with Gasteiger partial charge in [-0.05, 0) is 43.7 Å². The molecule has 1 aliphatic carbocycles. The number of rotatable bonds is 5. The molecule has 3 rings (SSSR count). The van der Waals surface area contributed by atoms with Crippen LogP contribution in [0.4, 0.5) is 5.69 Å². The summed E-state index contributed by atoms with van der Waals surface area (Å²) in [7, 11) is 0. The average molecular weight is 313 g/mol. The molecule has 1 aromatic carbocycles. The van der Waals surface area contributed by atoms with Gasteiger partial charge in [0.1, 0.15) is 0 Å². The maximum Gasteiger partial charge on any atom is 0.250 e. The Bertz CT molecular complexity index is 635. The monoisotopic (exact) mass is 313 g/mol. The Labute approximate surface area is 136 Å². The normalized spacial score (nSPS) is 19.5. The number of nitrogens with two attached hydrogens (primary N) is 1. The molecule has 0 aromatic heterocycles. The zero-order valence-corrected chi connectivity index (χ0v) is 13.4. The minimum absolute atomic E-state index is 0.0318. The first-order valence-corrected chi connectivity index (χ1v) is 8.20. The number of fused-ring (bicyclic) bond motifs is 1. The van der Waals surface area contributed by atoms with E-state index in [2.05, 4.69) is 11.4 Å². The Kier molecular flexibility index (Phi) is 4.48. The van der Waals surface area contributed by atoms with Crippen LogP contribution in [0.2, 0.25) is 0 Å². The van der Waals surface area contributed by atoms with Gasteiger partial charge < -0.3 is 16.0 Å². The van der Waals surface area contributed by atoms with Crippen LogP contribution in [-0.2, 0) is 16.0 Å². The minimum atomic E-state index is -0.536. The summed E-state index contributed by atoms with van der Waals surface area (Å²) in [5.74, 6) is 0.216. The first-order valence-electron chi connectivity index (χ1n) is 8.20. The largest absolute Gasteiger partial charge is 0.348 e. The lowest BCUT2D eigenvalue weighted by atomic mass is 10.1. The number of amides is 2. The number of nitrogens with zero attached hydrogens (tertiary/aromatic N) is 1. The molecule has 5 nitrogen and oxygen atoms in total. The predicted molar refractivity (Wildman–Crippen MR) is 89.9 cm³/mol. The van der Waals surface area contributed by atoms with E-state index in [4.69, 9.17) is 5.73 Å². The van der Waals surface area contributed by atoms with Crippen molar-refractivity contribution in [3.05, 3.63) is 42.0 Å². The van der Waals surface area contributed by atoms with Crippen LogP contribution in [0.15, 0.2) is 36.4 Å². The molecule has 1 saturated carbocycles. The molecule has 2 atom stereocenters. The van der Waals surface area contributed by atoms with Crippen LogP contribution in [0, 0.1) is 5.92 Å². The molecule has 2 amide bonds. The number of carbonyl (C=O) groups is 2. The van der Waals surface area contributed by atoms with Crippen LogP contribution < -0.4 is 16.0 Å². The zero-order valence-electron chi connectivity index (χ0n) is 13.4. The summed E-state index contributed by atoms with van der Waals surface area (Å²) in [6.07, 6.45) is 6.46. The fourth-order valence-electron chi connectivity index (χ4n) is 2.92. The molecule has 0 unspecified atom stereocenters. The van der Waals surface area contributed by atoms with E-state index in [1.54, 1.807) is 17.9 Å². The minimum Gasteiger partial charge on any atom is -0.348 e. The Morgan fingerprint density at radius 3 is 2.78 bits per heavy atom. The van der Waals surface area contributed by atoms with E-state index in [0.717, 1.165) is 24.9 Å². The van der Waals surface area contributed by atoms with Crippen molar-refractivity contribution >= 4 is 17.5 Å². The van der Waals surface area contributed by atoms with Gasteiger partial charge in [-0.3, -0.25) is 9.59 Å². The highest BCUT2D eigenvalue weighted by atomic mass is 16.2. The summed E-state index contributed by atoms with van der Waals surface area (Å²) in [4.78, 5) is 26.1. The summed E-state index contributed by atoms with van der Waals surface area (Å²) in [6.45, 7) is 2.37. The molecule has 1 aromatic rings. The van der Waals surface area contributed by atoms with Gasteiger partial charge in [-0.2, -0.15) is 0 Å². The van der Waals surface area contributed by atoms with Crippen LogP contribution >= 0.6 is 0 Å². The number of hydrogen-bond donors (Lipinski definition) is 2. The molecule has 122 valence electrons. The van der Waals surface area contributed by atoms with E-state index in [1.807, 2.05) is 24.3 Å². The van der Waals surface area contributed by atoms with Gasteiger partial charge in [0.25, 0.3) is 5.91 Å². The van der Waals surface area contributed by atoms with Crippen molar-refractivity contribution in [3.8, 4) is 0 Å². The molecule has 0 bridgehead atoms. The summed E-state index contributed by atoms with van der Waals surface area (Å²) >= 11 is 0. The predicted octanol–water partition coefficient (Wildman–Crippen LogP) is 1.37. The maximum absolute atomic E-state index is 12.5. The van der Waals surface area contributed by atoms with Gasteiger partial charge in [0.05, 0.1) is 12.1 Å². The quantitative estimate of drug-likeness (QED) is 0.806. The van der Waals surface area contributed by atoms with E-state index in [1.165, 1.54) is 5.56 Å². The molecule has 0 saturated heterocycles. The number of para-hydroxylation sites is 1. The summed E-state index contributed by atoms with van der Waals surface area (Å²) in [5, 5.41) is 2.92. The molecule has 0 radical (unpaired) electrons. The van der Waals surface area contributed by atoms with Crippen molar-refractivity contribution in [1.82, 2.24) is 5.32 Å². The third-order valence-corrected chi connectivity index (χ3v) is 4.45. The van der Waals surface area contributed by atoms with Gasteiger partial charge in [0.15, 0.2) is 0 Å². The number of hydrogen-bond acceptors (Lipinski definition) is 3. The first kappa shape index (κ1) is 15.7. The molecule has 23 heavy (non-hydrogen) atoms. The van der Waals surface area contributed by atoms with E-state index in [-0.39, 0.29) is 17.9 Å². The molecule has 1 fully saturated rings. The van der Waals surface area contributed by atoms with Gasteiger partial charge in [-0.25, -0.2) is 0 Å². The topological polar surface area (TPSA) is 75.4 Å². The molecule has 5 heteroatoms. The highest BCUT2D eigenvalue weighted by Gasteiger charge is 2.31. The lowest BCUT2D eigenvalue weighted by Crippen LogP contribution is -2.44. The number of nitrogens with one attached hydrogen (secondary N) is 1. The molecule has 2 aliphatic rings.